The van der Waals surface area contributed by atoms with Crippen molar-refractivity contribution in [3.05, 3.63) is 42.0 Å². The number of benzene rings is 1. The molecule has 0 aliphatic rings. The molecule has 0 atom stereocenters. The lowest BCUT2D eigenvalue weighted by Crippen LogP contribution is -2.07. The van der Waals surface area contributed by atoms with Crippen molar-refractivity contribution in [1.82, 2.24) is 9.78 Å². The number of nitrogens with zero attached hydrogens (tertiary/aromatic N) is 2. The molecule has 108 valence electrons. The molecule has 2 aromatic rings. The molecule has 1 heterocycles. The van der Waals surface area contributed by atoms with Crippen molar-refractivity contribution in [1.29, 1.82) is 0 Å². The first-order valence-electron chi connectivity index (χ1n) is 6.85. The number of hydrogen-bond donors (Lipinski definition) is 1. The fraction of sp³-hybridized carbons (Fsp3) is 0.400. The van der Waals surface area contributed by atoms with E-state index in [0.717, 1.165) is 29.2 Å². The Kier molecular flexibility index (Phi) is 5.06. The first-order valence-corrected chi connectivity index (χ1v) is 7.83. The van der Waals surface area contributed by atoms with E-state index in [2.05, 4.69) is 18.9 Å². The Balaban J connectivity index is 2.00. The zero-order chi connectivity index (χ0) is 14.5. The van der Waals surface area contributed by atoms with Crippen LogP contribution in [0.4, 0.5) is 10.1 Å². The smallest absolute Gasteiger partial charge is 0.126 e. The highest BCUT2D eigenvalue weighted by Crippen LogP contribution is 2.25. The summed E-state index contributed by atoms with van der Waals surface area (Å²) < 4.78 is 15.3. The molecule has 5 heteroatoms. The van der Waals surface area contributed by atoms with E-state index in [9.17, 15) is 4.39 Å². The van der Waals surface area contributed by atoms with Gasteiger partial charge in [-0.25, -0.2) is 4.39 Å². The predicted molar refractivity (Wildman–Crippen MR) is 82.2 cm³/mol. The van der Waals surface area contributed by atoms with Crippen molar-refractivity contribution in [3.63, 3.8) is 0 Å². The maximum Gasteiger partial charge on any atom is 0.126 e. The van der Waals surface area contributed by atoms with Crippen LogP contribution in [0.2, 0.25) is 0 Å². The van der Waals surface area contributed by atoms with E-state index in [0.29, 0.717) is 11.7 Å². The zero-order valence-corrected chi connectivity index (χ0v) is 12.7. The average Bonchev–Trinajstić information content (AvgIpc) is 2.86. The van der Waals surface area contributed by atoms with Crippen LogP contribution in [0.1, 0.15) is 38.4 Å². The molecule has 0 bridgehead atoms. The number of nitrogens with two attached hydrogens (primary N) is 1. The van der Waals surface area contributed by atoms with Gasteiger partial charge in [-0.05, 0) is 37.1 Å². The standard InChI is InChI=1S/C15H20FN3S/c1-3-14(4-2)19-6-5-13(18-19)10-20-15-8-11(16)7-12(17)9-15/h5-9,14H,3-4,10,17H2,1-2H3. The summed E-state index contributed by atoms with van der Waals surface area (Å²) in [4.78, 5) is 0.833. The van der Waals surface area contributed by atoms with Crippen LogP contribution in [0.3, 0.4) is 0 Å². The van der Waals surface area contributed by atoms with Crippen LogP contribution in [0.15, 0.2) is 35.4 Å². The minimum Gasteiger partial charge on any atom is -0.399 e. The van der Waals surface area contributed by atoms with Crippen molar-refractivity contribution in [2.45, 2.75) is 43.4 Å². The summed E-state index contributed by atoms with van der Waals surface area (Å²) in [5.74, 6) is 0.422. The van der Waals surface area contributed by atoms with E-state index in [-0.39, 0.29) is 5.82 Å². The summed E-state index contributed by atoms with van der Waals surface area (Å²) in [7, 11) is 0. The molecule has 0 fully saturated rings. The molecule has 1 aromatic heterocycles. The first kappa shape index (κ1) is 14.9. The highest BCUT2D eigenvalue weighted by Gasteiger charge is 2.08. The van der Waals surface area contributed by atoms with Gasteiger partial charge in [0.15, 0.2) is 0 Å². The Morgan fingerprint density at radius 2 is 2.05 bits per heavy atom. The molecule has 0 aliphatic carbocycles. The third kappa shape index (κ3) is 3.76. The number of halogens is 1. The monoisotopic (exact) mass is 293 g/mol. The summed E-state index contributed by atoms with van der Waals surface area (Å²) in [6.07, 6.45) is 4.17. The summed E-state index contributed by atoms with van der Waals surface area (Å²) in [5.41, 5.74) is 7.09. The van der Waals surface area contributed by atoms with Crippen molar-refractivity contribution >= 4 is 17.4 Å². The van der Waals surface area contributed by atoms with Gasteiger partial charge >= 0.3 is 0 Å². The molecule has 2 N–H and O–H groups in total. The molecule has 0 saturated carbocycles. The van der Waals surface area contributed by atoms with Crippen LogP contribution in [-0.4, -0.2) is 9.78 Å². The number of anilines is 1. The van der Waals surface area contributed by atoms with Crippen molar-refractivity contribution in [2.75, 3.05) is 5.73 Å². The van der Waals surface area contributed by atoms with Crippen molar-refractivity contribution in [2.24, 2.45) is 0 Å². The Hall–Kier alpha value is -1.49. The molecule has 0 unspecified atom stereocenters. The summed E-state index contributed by atoms with van der Waals surface area (Å²) >= 11 is 1.55. The summed E-state index contributed by atoms with van der Waals surface area (Å²) in [6.45, 7) is 4.33. The number of rotatable bonds is 6. The Morgan fingerprint density at radius 1 is 1.30 bits per heavy atom. The van der Waals surface area contributed by atoms with E-state index in [1.54, 1.807) is 17.8 Å². The molecule has 0 amide bonds. The van der Waals surface area contributed by atoms with Crippen molar-refractivity contribution in [3.8, 4) is 0 Å². The van der Waals surface area contributed by atoms with Crippen LogP contribution in [-0.2, 0) is 5.75 Å². The molecule has 0 aliphatic heterocycles. The molecule has 2 rings (SSSR count). The van der Waals surface area contributed by atoms with Crippen LogP contribution < -0.4 is 5.73 Å². The fourth-order valence-electron chi connectivity index (χ4n) is 2.15. The Morgan fingerprint density at radius 3 is 2.70 bits per heavy atom. The van der Waals surface area contributed by atoms with Crippen LogP contribution >= 0.6 is 11.8 Å². The number of nitrogen functional groups attached to an aromatic ring is 1. The zero-order valence-electron chi connectivity index (χ0n) is 11.8. The molecule has 1 aromatic carbocycles. The lowest BCUT2D eigenvalue weighted by atomic mass is 10.2. The first-order chi connectivity index (χ1) is 9.62. The predicted octanol–water partition coefficient (Wildman–Crippen LogP) is 4.26. The number of aromatic nitrogens is 2. The minimum absolute atomic E-state index is 0.296. The van der Waals surface area contributed by atoms with Gasteiger partial charge in [-0.2, -0.15) is 5.10 Å². The molecule has 0 saturated heterocycles. The Labute approximate surface area is 123 Å². The summed E-state index contributed by atoms with van der Waals surface area (Å²) in [5, 5.41) is 4.58. The second kappa shape index (κ2) is 6.79. The van der Waals surface area contributed by atoms with Crippen LogP contribution in [0.5, 0.6) is 0 Å². The minimum atomic E-state index is -0.296. The van der Waals surface area contributed by atoms with Gasteiger partial charge < -0.3 is 5.73 Å². The maximum absolute atomic E-state index is 13.2. The van der Waals surface area contributed by atoms with Gasteiger partial charge in [-0.15, -0.1) is 11.8 Å². The normalized spacial score (nSPS) is 11.2. The fourth-order valence-corrected chi connectivity index (χ4v) is 3.03. The average molecular weight is 293 g/mol. The second-order valence-electron chi connectivity index (χ2n) is 4.77. The van der Waals surface area contributed by atoms with Gasteiger partial charge in [0.1, 0.15) is 5.82 Å². The third-order valence-electron chi connectivity index (χ3n) is 3.26. The van der Waals surface area contributed by atoms with Crippen LogP contribution in [0, 0.1) is 5.82 Å². The molecular formula is C15H20FN3S. The van der Waals surface area contributed by atoms with Gasteiger partial charge in [-0.3, -0.25) is 4.68 Å². The number of thioether (sulfide) groups is 1. The van der Waals surface area contributed by atoms with Gasteiger partial charge in [-0.1, -0.05) is 13.8 Å². The van der Waals surface area contributed by atoms with E-state index in [1.807, 2.05) is 16.9 Å². The van der Waals surface area contributed by atoms with Gasteiger partial charge in [0.2, 0.25) is 0 Å². The van der Waals surface area contributed by atoms with E-state index in [1.165, 1.54) is 12.1 Å². The topological polar surface area (TPSA) is 43.8 Å². The lowest BCUT2D eigenvalue weighted by Gasteiger charge is -2.12. The van der Waals surface area contributed by atoms with Crippen molar-refractivity contribution < 1.29 is 4.39 Å². The van der Waals surface area contributed by atoms with Gasteiger partial charge in [0.05, 0.1) is 11.7 Å². The molecule has 3 nitrogen and oxygen atoms in total. The maximum atomic E-state index is 13.2. The van der Waals surface area contributed by atoms with E-state index in [4.69, 9.17) is 5.73 Å². The third-order valence-corrected chi connectivity index (χ3v) is 4.27. The van der Waals surface area contributed by atoms with Gasteiger partial charge in [0, 0.05) is 22.5 Å². The number of hydrogen-bond acceptors (Lipinski definition) is 3. The SMILES string of the molecule is CCC(CC)n1ccc(CSc2cc(N)cc(F)c2)n1. The summed E-state index contributed by atoms with van der Waals surface area (Å²) in [6, 6.07) is 7.09. The molecule has 0 radical (unpaired) electrons. The second-order valence-corrected chi connectivity index (χ2v) is 5.82. The Bertz CT molecular complexity index is 544. The van der Waals surface area contributed by atoms with E-state index < -0.39 is 0 Å². The largest absolute Gasteiger partial charge is 0.399 e. The molecule has 20 heavy (non-hydrogen) atoms. The lowest BCUT2D eigenvalue weighted by molar-refractivity contribution is 0.426. The van der Waals surface area contributed by atoms with Crippen LogP contribution in [0.25, 0.3) is 0 Å². The van der Waals surface area contributed by atoms with Gasteiger partial charge in [0.25, 0.3) is 0 Å². The highest BCUT2D eigenvalue weighted by atomic mass is 32.2. The highest BCUT2D eigenvalue weighted by molar-refractivity contribution is 7.98. The quantitative estimate of drug-likeness (QED) is 0.639. The van der Waals surface area contributed by atoms with E-state index >= 15 is 0 Å². The molecule has 0 spiro atoms. The molecular weight excluding hydrogens is 273 g/mol.